The number of rotatable bonds is 5. The molecule has 4 heteroatoms. The summed E-state index contributed by atoms with van der Waals surface area (Å²) in [6, 6.07) is 13.6. The number of aromatic nitrogens is 2. The zero-order valence-corrected chi connectivity index (χ0v) is 14.2. The van der Waals surface area contributed by atoms with Gasteiger partial charge >= 0.3 is 0 Å². The fraction of sp³-hybridized carbons (Fsp3) is 0.500. The molecule has 2 aliphatic carbocycles. The molecule has 0 atom stereocenters. The standard InChI is InChI=1S/C20H26N4/c1-2-7-11-16(10-6-1)22-20-23-18(15-8-4-3-5-9-15)14-19(24-20)21-17-12-13-17/h3-5,8-9,14,16-17H,1-2,6-7,10-13H2,(H2,21,22,23,24). The normalized spacial score (nSPS) is 18.8. The predicted octanol–water partition coefficient (Wildman–Crippen LogP) is 4.85. The Bertz CT molecular complexity index is 659. The third-order valence-electron chi connectivity index (χ3n) is 4.91. The van der Waals surface area contributed by atoms with E-state index in [1.165, 1.54) is 51.4 Å². The van der Waals surface area contributed by atoms with Gasteiger partial charge in [0.15, 0.2) is 0 Å². The van der Waals surface area contributed by atoms with Crippen molar-refractivity contribution in [1.29, 1.82) is 0 Å². The van der Waals surface area contributed by atoms with Gasteiger partial charge in [-0.3, -0.25) is 0 Å². The Balaban J connectivity index is 1.59. The van der Waals surface area contributed by atoms with Crippen molar-refractivity contribution >= 4 is 11.8 Å². The van der Waals surface area contributed by atoms with Gasteiger partial charge in [0.2, 0.25) is 5.95 Å². The minimum Gasteiger partial charge on any atom is -0.367 e. The van der Waals surface area contributed by atoms with E-state index in [1.807, 2.05) is 6.07 Å². The van der Waals surface area contributed by atoms with Gasteiger partial charge in [-0.25, -0.2) is 4.98 Å². The summed E-state index contributed by atoms with van der Waals surface area (Å²) in [5.74, 6) is 1.72. The average molecular weight is 322 g/mol. The Labute approximate surface area is 144 Å². The summed E-state index contributed by atoms with van der Waals surface area (Å²) in [7, 11) is 0. The number of hydrogen-bond acceptors (Lipinski definition) is 4. The Morgan fingerprint density at radius 2 is 1.46 bits per heavy atom. The van der Waals surface area contributed by atoms with Crippen molar-refractivity contribution in [1.82, 2.24) is 9.97 Å². The highest BCUT2D eigenvalue weighted by molar-refractivity contribution is 5.64. The Kier molecular flexibility index (Phi) is 4.63. The zero-order chi connectivity index (χ0) is 16.2. The van der Waals surface area contributed by atoms with Crippen LogP contribution < -0.4 is 10.6 Å². The van der Waals surface area contributed by atoms with E-state index in [9.17, 15) is 0 Å². The van der Waals surface area contributed by atoms with E-state index in [0.29, 0.717) is 12.1 Å². The number of anilines is 2. The van der Waals surface area contributed by atoms with Gasteiger partial charge in [0.1, 0.15) is 5.82 Å². The first-order chi connectivity index (χ1) is 11.9. The first-order valence-electron chi connectivity index (χ1n) is 9.34. The molecule has 1 heterocycles. The lowest BCUT2D eigenvalue weighted by Gasteiger charge is -2.17. The zero-order valence-electron chi connectivity index (χ0n) is 14.2. The molecule has 2 aromatic rings. The number of benzene rings is 1. The van der Waals surface area contributed by atoms with Crippen LogP contribution in [0.4, 0.5) is 11.8 Å². The fourth-order valence-corrected chi connectivity index (χ4v) is 3.39. The highest BCUT2D eigenvalue weighted by Gasteiger charge is 2.22. The van der Waals surface area contributed by atoms with Crippen LogP contribution in [0.25, 0.3) is 11.3 Å². The summed E-state index contributed by atoms with van der Waals surface area (Å²) >= 11 is 0. The van der Waals surface area contributed by atoms with Crippen LogP contribution in [0, 0.1) is 0 Å². The third-order valence-corrected chi connectivity index (χ3v) is 4.91. The molecular formula is C20H26N4. The van der Waals surface area contributed by atoms with E-state index in [2.05, 4.69) is 41.0 Å². The highest BCUT2D eigenvalue weighted by Crippen LogP contribution is 2.28. The first-order valence-corrected chi connectivity index (χ1v) is 9.34. The molecule has 1 aromatic heterocycles. The molecule has 0 unspecified atom stereocenters. The fourth-order valence-electron chi connectivity index (χ4n) is 3.39. The van der Waals surface area contributed by atoms with E-state index in [-0.39, 0.29) is 0 Å². The topological polar surface area (TPSA) is 49.8 Å². The largest absolute Gasteiger partial charge is 0.367 e. The average Bonchev–Trinajstić information content (AvgIpc) is 3.44. The predicted molar refractivity (Wildman–Crippen MR) is 99.2 cm³/mol. The maximum atomic E-state index is 4.79. The second-order valence-electron chi connectivity index (χ2n) is 7.08. The summed E-state index contributed by atoms with van der Waals surface area (Å²) in [4.78, 5) is 9.52. The van der Waals surface area contributed by atoms with Crippen LogP contribution >= 0.6 is 0 Å². The molecule has 126 valence electrons. The molecule has 1 aromatic carbocycles. The summed E-state index contributed by atoms with van der Waals surface area (Å²) in [5.41, 5.74) is 2.13. The van der Waals surface area contributed by atoms with E-state index in [4.69, 9.17) is 9.97 Å². The lowest BCUT2D eigenvalue weighted by molar-refractivity contribution is 0.615. The summed E-state index contributed by atoms with van der Waals surface area (Å²) in [5, 5.41) is 7.13. The van der Waals surface area contributed by atoms with Crippen LogP contribution in [0.15, 0.2) is 36.4 Å². The van der Waals surface area contributed by atoms with Crippen LogP contribution in [0.3, 0.4) is 0 Å². The van der Waals surface area contributed by atoms with E-state index >= 15 is 0 Å². The molecule has 2 saturated carbocycles. The molecule has 2 fully saturated rings. The molecule has 0 amide bonds. The summed E-state index contributed by atoms with van der Waals surface area (Å²) < 4.78 is 0. The minimum atomic E-state index is 0.507. The van der Waals surface area contributed by atoms with Crippen molar-refractivity contribution in [2.75, 3.05) is 10.6 Å². The molecule has 4 rings (SSSR count). The Morgan fingerprint density at radius 3 is 2.17 bits per heavy atom. The number of nitrogens with zero attached hydrogens (tertiary/aromatic N) is 2. The van der Waals surface area contributed by atoms with Gasteiger partial charge in [-0.2, -0.15) is 4.98 Å². The summed E-state index contributed by atoms with van der Waals surface area (Å²) in [6.45, 7) is 0. The van der Waals surface area contributed by atoms with Crippen molar-refractivity contribution in [3.05, 3.63) is 36.4 Å². The lowest BCUT2D eigenvalue weighted by Crippen LogP contribution is -2.20. The van der Waals surface area contributed by atoms with Gasteiger partial charge < -0.3 is 10.6 Å². The maximum absolute atomic E-state index is 4.79. The number of nitrogens with one attached hydrogen (secondary N) is 2. The lowest BCUT2D eigenvalue weighted by atomic mass is 10.1. The molecule has 2 aliphatic rings. The second kappa shape index (κ2) is 7.20. The van der Waals surface area contributed by atoms with E-state index in [1.54, 1.807) is 0 Å². The third kappa shape index (κ3) is 4.05. The Hall–Kier alpha value is -2.10. The van der Waals surface area contributed by atoms with Crippen molar-refractivity contribution in [2.24, 2.45) is 0 Å². The smallest absolute Gasteiger partial charge is 0.225 e. The number of hydrogen-bond donors (Lipinski definition) is 2. The molecule has 0 saturated heterocycles. The minimum absolute atomic E-state index is 0.507. The van der Waals surface area contributed by atoms with Gasteiger partial charge in [-0.05, 0) is 25.7 Å². The van der Waals surface area contributed by atoms with E-state index in [0.717, 1.165) is 23.0 Å². The molecule has 0 radical (unpaired) electrons. The van der Waals surface area contributed by atoms with Gasteiger partial charge in [-0.1, -0.05) is 56.0 Å². The molecule has 0 spiro atoms. The van der Waals surface area contributed by atoms with Gasteiger partial charge in [0.25, 0.3) is 0 Å². The van der Waals surface area contributed by atoms with Gasteiger partial charge in [0.05, 0.1) is 5.69 Å². The molecule has 0 aliphatic heterocycles. The summed E-state index contributed by atoms with van der Waals surface area (Å²) in [6.07, 6.45) is 10.3. The van der Waals surface area contributed by atoms with Crippen LogP contribution in [0.2, 0.25) is 0 Å². The highest BCUT2D eigenvalue weighted by atomic mass is 15.2. The molecular weight excluding hydrogens is 296 g/mol. The van der Waals surface area contributed by atoms with Crippen molar-refractivity contribution in [3.63, 3.8) is 0 Å². The monoisotopic (exact) mass is 322 g/mol. The van der Waals surface area contributed by atoms with Crippen LogP contribution in [0.1, 0.15) is 51.4 Å². The van der Waals surface area contributed by atoms with Gasteiger partial charge in [-0.15, -0.1) is 0 Å². The van der Waals surface area contributed by atoms with Crippen molar-refractivity contribution in [3.8, 4) is 11.3 Å². The quantitative estimate of drug-likeness (QED) is 0.772. The first kappa shape index (κ1) is 15.4. The van der Waals surface area contributed by atoms with Crippen molar-refractivity contribution in [2.45, 2.75) is 63.5 Å². The van der Waals surface area contributed by atoms with Crippen molar-refractivity contribution < 1.29 is 0 Å². The SMILES string of the molecule is c1ccc(-c2cc(NC3CC3)nc(NC3CCCCCC3)n2)cc1. The molecule has 2 N–H and O–H groups in total. The maximum Gasteiger partial charge on any atom is 0.225 e. The van der Waals surface area contributed by atoms with Crippen LogP contribution in [0.5, 0.6) is 0 Å². The van der Waals surface area contributed by atoms with Crippen LogP contribution in [-0.4, -0.2) is 22.1 Å². The molecule has 0 bridgehead atoms. The molecule has 4 nitrogen and oxygen atoms in total. The second-order valence-corrected chi connectivity index (χ2v) is 7.08. The Morgan fingerprint density at radius 1 is 0.750 bits per heavy atom. The van der Waals surface area contributed by atoms with Gasteiger partial charge in [0, 0.05) is 23.7 Å². The van der Waals surface area contributed by atoms with Crippen LogP contribution in [-0.2, 0) is 0 Å². The van der Waals surface area contributed by atoms with E-state index < -0.39 is 0 Å². The molecule has 24 heavy (non-hydrogen) atoms.